The summed E-state index contributed by atoms with van der Waals surface area (Å²) in [5.74, 6) is 0. The quantitative estimate of drug-likeness (QED) is 0.899. The van der Waals surface area contributed by atoms with Crippen molar-refractivity contribution in [1.29, 1.82) is 0 Å². The number of hydrogen-bond donors (Lipinski definition) is 1. The third-order valence-electron chi connectivity index (χ3n) is 5.12. The number of hydrogen-bond acceptors (Lipinski definition) is 2. The van der Waals surface area contributed by atoms with Crippen molar-refractivity contribution >= 4 is 15.9 Å². The van der Waals surface area contributed by atoms with Crippen LogP contribution in [-0.2, 0) is 6.54 Å². The zero-order valence-corrected chi connectivity index (χ0v) is 14.0. The predicted octanol–water partition coefficient (Wildman–Crippen LogP) is 3.95. The van der Waals surface area contributed by atoms with Crippen molar-refractivity contribution in [3.8, 4) is 0 Å². The molecular formula is C17H25BrN2. The Labute approximate surface area is 131 Å². The minimum absolute atomic E-state index is 0.425. The Kier molecular flexibility index (Phi) is 4.49. The van der Waals surface area contributed by atoms with Crippen LogP contribution in [0.1, 0.15) is 44.6 Å². The van der Waals surface area contributed by atoms with Crippen LogP contribution >= 0.6 is 15.9 Å². The van der Waals surface area contributed by atoms with Crippen LogP contribution in [0.4, 0.5) is 0 Å². The molecule has 2 fully saturated rings. The lowest BCUT2D eigenvalue weighted by Gasteiger charge is -2.48. The third kappa shape index (κ3) is 2.95. The molecule has 1 aliphatic heterocycles. The lowest BCUT2D eigenvalue weighted by atomic mass is 9.90. The Bertz CT molecular complexity index is 454. The van der Waals surface area contributed by atoms with E-state index in [1.54, 1.807) is 0 Å². The normalized spacial score (nSPS) is 26.2. The SMILES string of the molecule is CCC1CN(Cc2cccc(Br)c2)C2(CCCC2)CN1. The van der Waals surface area contributed by atoms with E-state index < -0.39 is 0 Å². The van der Waals surface area contributed by atoms with Crippen molar-refractivity contribution < 1.29 is 0 Å². The summed E-state index contributed by atoms with van der Waals surface area (Å²) >= 11 is 3.60. The van der Waals surface area contributed by atoms with E-state index in [9.17, 15) is 0 Å². The summed E-state index contributed by atoms with van der Waals surface area (Å²) in [6.07, 6.45) is 6.75. The van der Waals surface area contributed by atoms with Gasteiger partial charge in [0.05, 0.1) is 0 Å². The zero-order valence-electron chi connectivity index (χ0n) is 12.4. The van der Waals surface area contributed by atoms with Gasteiger partial charge in [0, 0.05) is 35.7 Å². The van der Waals surface area contributed by atoms with Crippen LogP contribution in [0.2, 0.25) is 0 Å². The first-order valence-corrected chi connectivity index (χ1v) is 8.74. The first-order chi connectivity index (χ1) is 9.72. The molecule has 2 aliphatic rings. The Balaban J connectivity index is 1.79. The van der Waals surface area contributed by atoms with Gasteiger partial charge < -0.3 is 5.32 Å². The van der Waals surface area contributed by atoms with Gasteiger partial charge in [-0.2, -0.15) is 0 Å². The molecule has 1 aliphatic carbocycles. The molecule has 1 heterocycles. The second-order valence-corrected chi connectivity index (χ2v) is 7.34. The molecule has 3 heteroatoms. The fourth-order valence-corrected chi connectivity index (χ4v) is 4.30. The van der Waals surface area contributed by atoms with Gasteiger partial charge in [0.1, 0.15) is 0 Å². The molecule has 20 heavy (non-hydrogen) atoms. The molecule has 0 bridgehead atoms. The molecule has 1 atom stereocenters. The summed E-state index contributed by atoms with van der Waals surface area (Å²) in [7, 11) is 0. The van der Waals surface area contributed by atoms with E-state index in [-0.39, 0.29) is 0 Å². The number of nitrogens with one attached hydrogen (secondary N) is 1. The van der Waals surface area contributed by atoms with Gasteiger partial charge in [-0.05, 0) is 37.0 Å². The fraction of sp³-hybridized carbons (Fsp3) is 0.647. The second-order valence-electron chi connectivity index (χ2n) is 6.43. The van der Waals surface area contributed by atoms with Crippen LogP contribution in [0, 0.1) is 0 Å². The third-order valence-corrected chi connectivity index (χ3v) is 5.61. The average molecular weight is 337 g/mol. The summed E-state index contributed by atoms with van der Waals surface area (Å²) in [6, 6.07) is 9.46. The van der Waals surface area contributed by atoms with E-state index >= 15 is 0 Å². The van der Waals surface area contributed by atoms with E-state index in [4.69, 9.17) is 0 Å². The van der Waals surface area contributed by atoms with Crippen LogP contribution < -0.4 is 5.32 Å². The number of benzene rings is 1. The van der Waals surface area contributed by atoms with Crippen molar-refractivity contribution in [2.45, 2.75) is 57.2 Å². The summed E-state index contributed by atoms with van der Waals surface area (Å²) in [5, 5.41) is 3.78. The molecule has 3 rings (SSSR count). The first kappa shape index (κ1) is 14.6. The van der Waals surface area contributed by atoms with Gasteiger partial charge in [0.25, 0.3) is 0 Å². The van der Waals surface area contributed by atoms with Crippen LogP contribution in [0.5, 0.6) is 0 Å². The first-order valence-electron chi connectivity index (χ1n) is 7.95. The molecule has 2 nitrogen and oxygen atoms in total. The Hall–Kier alpha value is -0.380. The zero-order chi connectivity index (χ0) is 14.0. The van der Waals surface area contributed by atoms with Crippen molar-refractivity contribution in [2.75, 3.05) is 13.1 Å². The minimum atomic E-state index is 0.425. The molecule has 0 aromatic heterocycles. The number of nitrogens with zero attached hydrogens (tertiary/aromatic N) is 1. The molecule has 1 N–H and O–H groups in total. The molecule has 1 aromatic carbocycles. The van der Waals surface area contributed by atoms with Crippen molar-refractivity contribution in [3.63, 3.8) is 0 Å². The number of rotatable bonds is 3. The smallest absolute Gasteiger partial charge is 0.0338 e. The number of halogens is 1. The lowest BCUT2D eigenvalue weighted by Crippen LogP contribution is -2.62. The molecule has 110 valence electrons. The van der Waals surface area contributed by atoms with Crippen molar-refractivity contribution in [1.82, 2.24) is 10.2 Å². The van der Waals surface area contributed by atoms with Gasteiger partial charge in [-0.1, -0.05) is 47.8 Å². The monoisotopic (exact) mass is 336 g/mol. The highest BCUT2D eigenvalue weighted by Crippen LogP contribution is 2.38. The average Bonchev–Trinajstić information content (AvgIpc) is 2.91. The standard InChI is InChI=1S/C17H25BrN2/c1-2-16-12-20(11-14-6-5-7-15(18)10-14)17(13-19-16)8-3-4-9-17/h5-7,10,16,19H,2-4,8-9,11-13H2,1H3. The van der Waals surface area contributed by atoms with Gasteiger partial charge in [-0.25, -0.2) is 0 Å². The topological polar surface area (TPSA) is 15.3 Å². The van der Waals surface area contributed by atoms with Crippen LogP contribution in [0.3, 0.4) is 0 Å². The highest BCUT2D eigenvalue weighted by Gasteiger charge is 2.42. The maximum Gasteiger partial charge on any atom is 0.0338 e. The molecule has 1 saturated carbocycles. The Morgan fingerprint density at radius 3 is 2.85 bits per heavy atom. The van der Waals surface area contributed by atoms with Gasteiger partial charge in [-0.3, -0.25) is 4.90 Å². The van der Waals surface area contributed by atoms with E-state index in [1.165, 1.54) is 55.2 Å². The van der Waals surface area contributed by atoms with Crippen LogP contribution in [-0.4, -0.2) is 29.6 Å². The van der Waals surface area contributed by atoms with Crippen LogP contribution in [0.15, 0.2) is 28.7 Å². The maximum absolute atomic E-state index is 3.78. The summed E-state index contributed by atoms with van der Waals surface area (Å²) in [4.78, 5) is 2.77. The highest BCUT2D eigenvalue weighted by atomic mass is 79.9. The second kappa shape index (κ2) is 6.17. The fourth-order valence-electron chi connectivity index (χ4n) is 3.86. The summed E-state index contributed by atoms with van der Waals surface area (Å²) < 4.78 is 1.19. The van der Waals surface area contributed by atoms with E-state index in [0.717, 1.165) is 6.54 Å². The lowest BCUT2D eigenvalue weighted by molar-refractivity contribution is 0.0349. The van der Waals surface area contributed by atoms with E-state index in [1.807, 2.05) is 0 Å². The van der Waals surface area contributed by atoms with Gasteiger partial charge in [0.15, 0.2) is 0 Å². The highest BCUT2D eigenvalue weighted by molar-refractivity contribution is 9.10. The van der Waals surface area contributed by atoms with Gasteiger partial charge >= 0.3 is 0 Å². The molecular weight excluding hydrogens is 312 g/mol. The summed E-state index contributed by atoms with van der Waals surface area (Å²) in [5.41, 5.74) is 1.86. The van der Waals surface area contributed by atoms with E-state index in [2.05, 4.69) is 57.3 Å². The molecule has 1 aromatic rings. The Morgan fingerprint density at radius 1 is 1.35 bits per heavy atom. The Morgan fingerprint density at radius 2 is 2.15 bits per heavy atom. The van der Waals surface area contributed by atoms with Gasteiger partial charge in [0.2, 0.25) is 0 Å². The molecule has 1 spiro atoms. The van der Waals surface area contributed by atoms with Crippen molar-refractivity contribution in [3.05, 3.63) is 34.3 Å². The summed E-state index contributed by atoms with van der Waals surface area (Å²) in [6.45, 7) is 5.77. The number of piperazine rings is 1. The van der Waals surface area contributed by atoms with Gasteiger partial charge in [-0.15, -0.1) is 0 Å². The minimum Gasteiger partial charge on any atom is -0.311 e. The maximum atomic E-state index is 3.78. The van der Waals surface area contributed by atoms with Crippen molar-refractivity contribution in [2.24, 2.45) is 0 Å². The molecule has 1 unspecified atom stereocenters. The predicted molar refractivity (Wildman–Crippen MR) is 87.8 cm³/mol. The van der Waals surface area contributed by atoms with Crippen LogP contribution in [0.25, 0.3) is 0 Å². The molecule has 1 saturated heterocycles. The molecule has 0 amide bonds. The molecule has 0 radical (unpaired) electrons. The largest absolute Gasteiger partial charge is 0.311 e. The van der Waals surface area contributed by atoms with E-state index in [0.29, 0.717) is 11.6 Å².